The summed E-state index contributed by atoms with van der Waals surface area (Å²) in [6.45, 7) is 0. The highest BCUT2D eigenvalue weighted by Crippen LogP contribution is 2.24. The van der Waals surface area contributed by atoms with Crippen molar-refractivity contribution in [2.45, 2.75) is 0 Å². The van der Waals surface area contributed by atoms with Gasteiger partial charge in [0.15, 0.2) is 0 Å². The van der Waals surface area contributed by atoms with E-state index in [1.54, 1.807) is 60.7 Å². The lowest BCUT2D eigenvalue weighted by molar-refractivity contribution is -0.128. The molecule has 0 radical (unpaired) electrons. The first-order chi connectivity index (χ1) is 12.2. The predicted molar refractivity (Wildman–Crippen MR) is 95.7 cm³/mol. The first-order valence-electron chi connectivity index (χ1n) is 7.71. The Morgan fingerprint density at radius 1 is 0.800 bits per heavy atom. The van der Waals surface area contributed by atoms with E-state index in [1.807, 2.05) is 18.2 Å². The fourth-order valence-corrected chi connectivity index (χ4v) is 2.13. The van der Waals surface area contributed by atoms with Crippen molar-refractivity contribution in [2.75, 3.05) is 0 Å². The van der Waals surface area contributed by atoms with Gasteiger partial charge in [0, 0.05) is 12.1 Å². The zero-order chi connectivity index (χ0) is 17.5. The van der Waals surface area contributed by atoms with Gasteiger partial charge in [0.1, 0.15) is 23.0 Å². The van der Waals surface area contributed by atoms with Crippen LogP contribution in [0.4, 0.5) is 0 Å². The lowest BCUT2D eigenvalue weighted by atomic mass is 10.2. The number of rotatable bonds is 5. The minimum Gasteiger partial charge on any atom is -0.508 e. The number of hydrogen-bond acceptors (Lipinski definition) is 4. The van der Waals surface area contributed by atoms with Crippen molar-refractivity contribution >= 4 is 12.0 Å². The third-order valence-electron chi connectivity index (χ3n) is 3.31. The van der Waals surface area contributed by atoms with E-state index in [0.717, 1.165) is 5.56 Å². The van der Waals surface area contributed by atoms with Gasteiger partial charge in [-0.25, -0.2) is 4.79 Å². The summed E-state index contributed by atoms with van der Waals surface area (Å²) in [5.41, 5.74) is 0.841. The Morgan fingerprint density at radius 3 is 2.24 bits per heavy atom. The molecule has 3 rings (SSSR count). The molecule has 0 aliphatic rings. The molecule has 0 heterocycles. The van der Waals surface area contributed by atoms with Crippen LogP contribution >= 0.6 is 0 Å². The van der Waals surface area contributed by atoms with Gasteiger partial charge in [0.25, 0.3) is 0 Å². The molecule has 124 valence electrons. The van der Waals surface area contributed by atoms with Gasteiger partial charge >= 0.3 is 5.97 Å². The number of para-hydroxylation sites is 1. The number of phenolic OH excluding ortho intramolecular Hbond substituents is 1. The number of aromatic hydroxyl groups is 1. The Morgan fingerprint density at radius 2 is 1.52 bits per heavy atom. The van der Waals surface area contributed by atoms with E-state index in [0.29, 0.717) is 17.2 Å². The quantitative estimate of drug-likeness (QED) is 0.414. The van der Waals surface area contributed by atoms with Crippen molar-refractivity contribution in [3.63, 3.8) is 0 Å². The molecule has 0 aromatic heterocycles. The van der Waals surface area contributed by atoms with Crippen LogP contribution in [0.5, 0.6) is 23.0 Å². The summed E-state index contributed by atoms with van der Waals surface area (Å²) in [6.07, 6.45) is 3.04. The Balaban J connectivity index is 1.59. The standard InChI is InChI=1S/C21H16O4/c22-17-5-4-8-20(15-17)24-19-12-9-16(10-13-19)11-14-21(23)25-18-6-2-1-3-7-18/h1-15,22H. The highest BCUT2D eigenvalue weighted by atomic mass is 16.5. The molecule has 25 heavy (non-hydrogen) atoms. The number of esters is 1. The molecule has 0 amide bonds. The fourth-order valence-electron chi connectivity index (χ4n) is 2.13. The zero-order valence-corrected chi connectivity index (χ0v) is 13.3. The minimum atomic E-state index is -0.439. The SMILES string of the molecule is O=C(C=Cc1ccc(Oc2cccc(O)c2)cc1)Oc1ccccc1. The molecular weight excluding hydrogens is 316 g/mol. The van der Waals surface area contributed by atoms with E-state index < -0.39 is 5.97 Å². The van der Waals surface area contributed by atoms with E-state index in [1.165, 1.54) is 12.1 Å². The number of ether oxygens (including phenoxy) is 2. The van der Waals surface area contributed by atoms with Crippen LogP contribution in [0.15, 0.2) is 84.9 Å². The Labute approximate surface area is 145 Å². The van der Waals surface area contributed by atoms with Crippen molar-refractivity contribution in [1.29, 1.82) is 0 Å². The lowest BCUT2D eigenvalue weighted by Crippen LogP contribution is -2.03. The van der Waals surface area contributed by atoms with Gasteiger partial charge in [-0.3, -0.25) is 0 Å². The highest BCUT2D eigenvalue weighted by molar-refractivity contribution is 5.88. The second-order valence-corrected chi connectivity index (χ2v) is 5.24. The molecule has 0 aliphatic heterocycles. The first-order valence-corrected chi connectivity index (χ1v) is 7.71. The van der Waals surface area contributed by atoms with Gasteiger partial charge in [-0.05, 0) is 48.0 Å². The number of phenols is 1. The van der Waals surface area contributed by atoms with Crippen molar-refractivity contribution in [3.05, 3.63) is 90.5 Å². The maximum Gasteiger partial charge on any atom is 0.336 e. The van der Waals surface area contributed by atoms with Gasteiger partial charge in [0.2, 0.25) is 0 Å². The molecule has 0 saturated heterocycles. The Bertz CT molecular complexity index is 868. The van der Waals surface area contributed by atoms with Crippen molar-refractivity contribution in [3.8, 4) is 23.0 Å². The largest absolute Gasteiger partial charge is 0.508 e. The number of carbonyl (C=O) groups is 1. The lowest BCUT2D eigenvalue weighted by Gasteiger charge is -2.06. The summed E-state index contributed by atoms with van der Waals surface area (Å²) in [6, 6.07) is 22.7. The molecule has 3 aromatic rings. The second-order valence-electron chi connectivity index (χ2n) is 5.24. The van der Waals surface area contributed by atoms with Crippen LogP contribution in [0.1, 0.15) is 5.56 Å². The monoisotopic (exact) mass is 332 g/mol. The maximum absolute atomic E-state index is 11.8. The number of benzene rings is 3. The fraction of sp³-hybridized carbons (Fsp3) is 0. The van der Waals surface area contributed by atoms with Crippen LogP contribution in [0, 0.1) is 0 Å². The van der Waals surface area contributed by atoms with E-state index in [4.69, 9.17) is 9.47 Å². The van der Waals surface area contributed by atoms with Crippen LogP contribution in [0.2, 0.25) is 0 Å². The Hall–Kier alpha value is -3.53. The molecule has 0 bridgehead atoms. The third-order valence-corrected chi connectivity index (χ3v) is 3.31. The van der Waals surface area contributed by atoms with Gasteiger partial charge in [0.05, 0.1) is 0 Å². The second kappa shape index (κ2) is 7.84. The summed E-state index contributed by atoms with van der Waals surface area (Å²) in [5.74, 6) is 1.40. The van der Waals surface area contributed by atoms with E-state index in [-0.39, 0.29) is 5.75 Å². The first kappa shape index (κ1) is 16.3. The van der Waals surface area contributed by atoms with E-state index in [2.05, 4.69) is 0 Å². The van der Waals surface area contributed by atoms with Crippen LogP contribution < -0.4 is 9.47 Å². The molecule has 0 aliphatic carbocycles. The number of hydrogen-bond donors (Lipinski definition) is 1. The van der Waals surface area contributed by atoms with Gasteiger partial charge in [-0.1, -0.05) is 36.4 Å². The molecule has 0 atom stereocenters. The van der Waals surface area contributed by atoms with Gasteiger partial charge in [-0.15, -0.1) is 0 Å². The molecule has 0 saturated carbocycles. The van der Waals surface area contributed by atoms with Crippen molar-refractivity contribution in [2.24, 2.45) is 0 Å². The van der Waals surface area contributed by atoms with Gasteiger partial charge < -0.3 is 14.6 Å². The predicted octanol–water partition coefficient (Wildman–Crippen LogP) is 4.80. The molecule has 0 unspecified atom stereocenters. The topological polar surface area (TPSA) is 55.8 Å². The smallest absolute Gasteiger partial charge is 0.336 e. The normalized spacial score (nSPS) is 10.6. The minimum absolute atomic E-state index is 0.147. The molecule has 0 spiro atoms. The van der Waals surface area contributed by atoms with E-state index >= 15 is 0 Å². The molecule has 1 N–H and O–H groups in total. The maximum atomic E-state index is 11.8. The molecule has 0 fully saturated rings. The van der Waals surface area contributed by atoms with E-state index in [9.17, 15) is 9.90 Å². The third kappa shape index (κ3) is 4.97. The average molecular weight is 332 g/mol. The molecule has 4 nitrogen and oxygen atoms in total. The van der Waals surface area contributed by atoms with Crippen LogP contribution in [0.3, 0.4) is 0 Å². The summed E-state index contributed by atoms with van der Waals surface area (Å²) in [4.78, 5) is 11.8. The van der Waals surface area contributed by atoms with Crippen LogP contribution in [-0.2, 0) is 4.79 Å². The van der Waals surface area contributed by atoms with Crippen LogP contribution in [-0.4, -0.2) is 11.1 Å². The molecular formula is C21H16O4. The molecule has 4 heteroatoms. The zero-order valence-electron chi connectivity index (χ0n) is 13.3. The van der Waals surface area contributed by atoms with Crippen molar-refractivity contribution in [1.82, 2.24) is 0 Å². The number of carbonyl (C=O) groups excluding carboxylic acids is 1. The van der Waals surface area contributed by atoms with Crippen LogP contribution in [0.25, 0.3) is 6.08 Å². The van der Waals surface area contributed by atoms with Crippen molar-refractivity contribution < 1.29 is 19.4 Å². The summed E-state index contributed by atoms with van der Waals surface area (Å²) in [7, 11) is 0. The average Bonchev–Trinajstić information content (AvgIpc) is 2.62. The highest BCUT2D eigenvalue weighted by Gasteiger charge is 2.01. The summed E-state index contributed by atoms with van der Waals surface area (Å²) >= 11 is 0. The summed E-state index contributed by atoms with van der Waals surface area (Å²) in [5, 5.41) is 9.43. The van der Waals surface area contributed by atoms with Gasteiger partial charge in [-0.2, -0.15) is 0 Å². The Kier molecular flexibility index (Phi) is 5.12. The summed E-state index contributed by atoms with van der Waals surface area (Å²) < 4.78 is 10.8. The molecule has 3 aromatic carbocycles.